The number of carbonyl (C=O) groups is 1. The third-order valence-corrected chi connectivity index (χ3v) is 5.35. The first kappa shape index (κ1) is 17.8. The minimum Gasteiger partial charge on any atom is -0.490 e. The van der Waals surface area contributed by atoms with E-state index in [-0.39, 0.29) is 18.6 Å². The van der Waals surface area contributed by atoms with Crippen LogP contribution in [0.2, 0.25) is 0 Å². The number of hydrogen-bond acceptors (Lipinski definition) is 5. The van der Waals surface area contributed by atoms with Crippen molar-refractivity contribution in [2.75, 3.05) is 13.2 Å². The highest BCUT2D eigenvalue weighted by atomic mass is 16.6. The molecule has 7 nitrogen and oxygen atoms in total. The molecule has 2 aromatic carbocycles. The summed E-state index contributed by atoms with van der Waals surface area (Å²) in [7, 11) is 0. The van der Waals surface area contributed by atoms with Crippen LogP contribution in [0, 0.1) is 6.92 Å². The van der Waals surface area contributed by atoms with Crippen molar-refractivity contribution in [2.45, 2.75) is 39.5 Å². The van der Waals surface area contributed by atoms with Gasteiger partial charge in [0.05, 0.1) is 11.0 Å². The summed E-state index contributed by atoms with van der Waals surface area (Å²) in [5, 5.41) is 3.01. The van der Waals surface area contributed by atoms with E-state index in [1.54, 1.807) is 0 Å². The Hall–Kier alpha value is -3.22. The van der Waals surface area contributed by atoms with E-state index in [9.17, 15) is 4.79 Å². The molecule has 2 aliphatic heterocycles. The van der Waals surface area contributed by atoms with Crippen molar-refractivity contribution >= 4 is 16.9 Å². The Labute approximate surface area is 168 Å². The number of aromatic nitrogens is 2. The van der Waals surface area contributed by atoms with E-state index < -0.39 is 0 Å². The minimum absolute atomic E-state index is 0.0626. The van der Waals surface area contributed by atoms with Gasteiger partial charge in [0.15, 0.2) is 11.5 Å². The van der Waals surface area contributed by atoms with Crippen LogP contribution in [0.15, 0.2) is 30.3 Å². The SMILES string of the molecule is Cc1nc2cc3c(cc2n1CC(=O)NCc1ccc2c(c1)C[C@H](C)O2)OCCO3. The van der Waals surface area contributed by atoms with Crippen molar-refractivity contribution in [3.05, 3.63) is 47.3 Å². The average Bonchev–Trinajstić information content (AvgIpc) is 3.22. The van der Waals surface area contributed by atoms with Crippen molar-refractivity contribution in [3.8, 4) is 17.2 Å². The number of nitrogens with one attached hydrogen (secondary N) is 1. The standard InChI is InChI=1S/C22H23N3O4/c1-13-7-16-8-15(3-4-19(16)29-13)11-23-22(26)12-25-14(2)24-17-9-20-21(10-18(17)25)28-6-5-27-20/h3-4,8-10,13H,5-7,11-12H2,1-2H3,(H,23,26)/t13-/m0/s1. The maximum atomic E-state index is 12.6. The van der Waals surface area contributed by atoms with Crippen molar-refractivity contribution < 1.29 is 19.0 Å². The molecule has 5 rings (SSSR count). The van der Waals surface area contributed by atoms with Crippen LogP contribution >= 0.6 is 0 Å². The van der Waals surface area contributed by atoms with Crippen LogP contribution in [0.25, 0.3) is 11.0 Å². The molecular formula is C22H23N3O4. The normalized spacial score (nSPS) is 17.1. The Morgan fingerprint density at radius 1 is 1.17 bits per heavy atom. The van der Waals surface area contributed by atoms with E-state index in [1.165, 1.54) is 5.56 Å². The number of imidazole rings is 1. The van der Waals surface area contributed by atoms with E-state index in [0.717, 1.165) is 34.6 Å². The smallest absolute Gasteiger partial charge is 0.240 e. The Bertz CT molecular complexity index is 1110. The Morgan fingerprint density at radius 3 is 2.79 bits per heavy atom. The first-order valence-electron chi connectivity index (χ1n) is 9.88. The number of carbonyl (C=O) groups excluding carboxylic acids is 1. The molecule has 0 saturated heterocycles. The molecule has 0 fully saturated rings. The number of aryl methyl sites for hydroxylation is 1. The summed E-state index contributed by atoms with van der Waals surface area (Å²) in [5.41, 5.74) is 3.94. The molecule has 3 aromatic rings. The highest BCUT2D eigenvalue weighted by molar-refractivity contribution is 5.83. The van der Waals surface area contributed by atoms with E-state index in [1.807, 2.05) is 35.8 Å². The van der Waals surface area contributed by atoms with Gasteiger partial charge in [0.2, 0.25) is 5.91 Å². The minimum atomic E-state index is -0.0626. The lowest BCUT2D eigenvalue weighted by atomic mass is 10.1. The van der Waals surface area contributed by atoms with Gasteiger partial charge in [0.25, 0.3) is 0 Å². The molecule has 0 spiro atoms. The number of nitrogens with zero attached hydrogens (tertiary/aromatic N) is 2. The lowest BCUT2D eigenvalue weighted by molar-refractivity contribution is -0.121. The van der Waals surface area contributed by atoms with Gasteiger partial charge >= 0.3 is 0 Å². The molecule has 1 aromatic heterocycles. The first-order chi connectivity index (χ1) is 14.1. The fraction of sp³-hybridized carbons (Fsp3) is 0.364. The van der Waals surface area contributed by atoms with Gasteiger partial charge in [-0.15, -0.1) is 0 Å². The number of amides is 1. The van der Waals surface area contributed by atoms with Crippen LogP contribution in [-0.4, -0.2) is 34.8 Å². The molecule has 150 valence electrons. The van der Waals surface area contributed by atoms with Crippen LogP contribution in [-0.2, 0) is 24.3 Å². The van der Waals surface area contributed by atoms with Gasteiger partial charge in [0, 0.05) is 25.1 Å². The first-order valence-corrected chi connectivity index (χ1v) is 9.88. The molecule has 0 aliphatic carbocycles. The second-order valence-corrected chi connectivity index (χ2v) is 7.58. The summed E-state index contributed by atoms with van der Waals surface area (Å²) in [4.78, 5) is 17.2. The maximum Gasteiger partial charge on any atom is 0.240 e. The third-order valence-electron chi connectivity index (χ3n) is 5.35. The summed E-state index contributed by atoms with van der Waals surface area (Å²) in [6.07, 6.45) is 1.13. The summed E-state index contributed by atoms with van der Waals surface area (Å²) in [6.45, 7) is 5.71. The molecule has 3 heterocycles. The quantitative estimate of drug-likeness (QED) is 0.738. The van der Waals surface area contributed by atoms with Crippen molar-refractivity contribution in [2.24, 2.45) is 0 Å². The Morgan fingerprint density at radius 2 is 1.97 bits per heavy atom. The number of ether oxygens (including phenoxy) is 3. The molecule has 0 saturated carbocycles. The van der Waals surface area contributed by atoms with Crippen LogP contribution < -0.4 is 19.5 Å². The van der Waals surface area contributed by atoms with E-state index in [4.69, 9.17) is 14.2 Å². The molecule has 7 heteroatoms. The van der Waals surface area contributed by atoms with Crippen molar-refractivity contribution in [3.63, 3.8) is 0 Å². The summed E-state index contributed by atoms with van der Waals surface area (Å²) in [5.74, 6) is 3.06. The summed E-state index contributed by atoms with van der Waals surface area (Å²) < 4.78 is 18.9. The zero-order chi connectivity index (χ0) is 20.0. The van der Waals surface area contributed by atoms with Gasteiger partial charge in [-0.1, -0.05) is 12.1 Å². The molecule has 1 amide bonds. The lowest BCUT2D eigenvalue weighted by Gasteiger charge is -2.18. The van der Waals surface area contributed by atoms with Gasteiger partial charge in [-0.3, -0.25) is 4.79 Å². The predicted molar refractivity (Wildman–Crippen MR) is 108 cm³/mol. The number of hydrogen-bond donors (Lipinski definition) is 1. The van der Waals surface area contributed by atoms with Crippen LogP contribution in [0.4, 0.5) is 0 Å². The zero-order valence-corrected chi connectivity index (χ0v) is 16.5. The van der Waals surface area contributed by atoms with Crippen LogP contribution in [0.3, 0.4) is 0 Å². The molecule has 0 bridgehead atoms. The fourth-order valence-electron chi connectivity index (χ4n) is 3.97. The zero-order valence-electron chi connectivity index (χ0n) is 16.5. The Kier molecular flexibility index (Phi) is 4.30. The average molecular weight is 393 g/mol. The molecule has 29 heavy (non-hydrogen) atoms. The topological polar surface area (TPSA) is 74.6 Å². The van der Waals surface area contributed by atoms with Gasteiger partial charge in [-0.05, 0) is 31.0 Å². The lowest BCUT2D eigenvalue weighted by Crippen LogP contribution is -2.27. The fourth-order valence-corrected chi connectivity index (χ4v) is 3.97. The molecule has 2 aliphatic rings. The summed E-state index contributed by atoms with van der Waals surface area (Å²) >= 11 is 0. The van der Waals surface area contributed by atoms with E-state index in [2.05, 4.69) is 23.3 Å². The van der Waals surface area contributed by atoms with E-state index >= 15 is 0 Å². The van der Waals surface area contributed by atoms with Crippen LogP contribution in [0.1, 0.15) is 23.9 Å². The number of benzene rings is 2. The second kappa shape index (κ2) is 6.99. The molecule has 1 N–H and O–H groups in total. The second-order valence-electron chi connectivity index (χ2n) is 7.58. The van der Waals surface area contributed by atoms with Gasteiger partial charge < -0.3 is 24.1 Å². The predicted octanol–water partition coefficient (Wildman–Crippen LogP) is 2.76. The van der Waals surface area contributed by atoms with Gasteiger partial charge in [0.1, 0.15) is 37.4 Å². The maximum absolute atomic E-state index is 12.6. The largest absolute Gasteiger partial charge is 0.490 e. The Balaban J connectivity index is 1.30. The monoisotopic (exact) mass is 393 g/mol. The molecular weight excluding hydrogens is 370 g/mol. The van der Waals surface area contributed by atoms with Crippen LogP contribution in [0.5, 0.6) is 17.2 Å². The third kappa shape index (κ3) is 3.37. The summed E-state index contributed by atoms with van der Waals surface area (Å²) in [6, 6.07) is 9.87. The highest BCUT2D eigenvalue weighted by Crippen LogP contribution is 2.34. The highest BCUT2D eigenvalue weighted by Gasteiger charge is 2.20. The molecule has 1 atom stereocenters. The van der Waals surface area contributed by atoms with Crippen molar-refractivity contribution in [1.29, 1.82) is 0 Å². The van der Waals surface area contributed by atoms with Gasteiger partial charge in [-0.25, -0.2) is 4.98 Å². The van der Waals surface area contributed by atoms with Gasteiger partial charge in [-0.2, -0.15) is 0 Å². The molecule has 0 radical (unpaired) electrons. The number of fused-ring (bicyclic) bond motifs is 3. The van der Waals surface area contributed by atoms with E-state index in [0.29, 0.717) is 31.3 Å². The number of rotatable bonds is 4. The molecule has 0 unspecified atom stereocenters. The van der Waals surface area contributed by atoms with Crippen molar-refractivity contribution in [1.82, 2.24) is 14.9 Å².